The first kappa shape index (κ1) is 49.9. The topological polar surface area (TPSA) is 99.5 Å². The van der Waals surface area contributed by atoms with Crippen molar-refractivity contribution in [3.63, 3.8) is 0 Å². The Morgan fingerprint density at radius 2 is 1.39 bits per heavy atom. The number of ketones is 1. The van der Waals surface area contributed by atoms with Gasteiger partial charge in [0.2, 0.25) is 5.91 Å². The van der Waals surface area contributed by atoms with E-state index in [-0.39, 0.29) is 23.8 Å². The van der Waals surface area contributed by atoms with Crippen molar-refractivity contribution < 1.29 is 29.6 Å². The number of aliphatic hydroxyl groups excluding tert-OH is 1. The summed E-state index contributed by atoms with van der Waals surface area (Å²) >= 11 is 0. The highest BCUT2D eigenvalue weighted by Gasteiger charge is 2.30. The number of carbonyl (C=O) groups is 2. The zero-order chi connectivity index (χ0) is 42.0. The lowest BCUT2D eigenvalue weighted by Crippen LogP contribution is -2.44. The van der Waals surface area contributed by atoms with E-state index in [2.05, 4.69) is 124 Å². The van der Waals surface area contributed by atoms with Crippen LogP contribution in [-0.2, 0) is 45.2 Å². The summed E-state index contributed by atoms with van der Waals surface area (Å²) in [5, 5.41) is 16.8. The molecule has 2 aliphatic rings. The van der Waals surface area contributed by atoms with Crippen molar-refractivity contribution in [2.24, 2.45) is 0 Å². The summed E-state index contributed by atoms with van der Waals surface area (Å²) in [6.07, 6.45) is 5.88. The Balaban J connectivity index is 0.000000421. The SMILES string of the molecule is CC.CC(C)=O.CC(C)N1c2ccccc2C[C@@H]1C.CCC(=O)N1Cc2ccc3ccccc3c2C[C@@H]1CCOOC(C)C.CCCc1ccccc1.OCO. The van der Waals surface area contributed by atoms with Gasteiger partial charge in [-0.3, -0.25) is 4.79 Å². The van der Waals surface area contributed by atoms with Gasteiger partial charge in [0.05, 0.1) is 12.7 Å². The van der Waals surface area contributed by atoms with E-state index in [1.54, 1.807) is 0 Å². The Morgan fingerprint density at radius 1 is 0.804 bits per heavy atom. The lowest BCUT2D eigenvalue weighted by atomic mass is 9.88. The minimum atomic E-state index is -0.750. The molecule has 0 radical (unpaired) electrons. The summed E-state index contributed by atoms with van der Waals surface area (Å²) in [6.45, 7) is 22.3. The minimum Gasteiger partial charge on any atom is -0.371 e. The molecule has 2 atom stereocenters. The zero-order valence-corrected chi connectivity index (χ0v) is 36.3. The first-order chi connectivity index (χ1) is 26.9. The van der Waals surface area contributed by atoms with Crippen LogP contribution in [-0.4, -0.2) is 64.4 Å². The Morgan fingerprint density at radius 3 is 1.98 bits per heavy atom. The van der Waals surface area contributed by atoms with Gasteiger partial charge in [0.1, 0.15) is 12.6 Å². The number of Topliss-reactive ketones (excluding diaryl/α,β-unsaturated/α-hetero) is 1. The third kappa shape index (κ3) is 17.4. The molecule has 2 aliphatic heterocycles. The molecule has 0 bridgehead atoms. The van der Waals surface area contributed by atoms with E-state index in [0.717, 1.165) is 12.8 Å². The molecule has 0 fully saturated rings. The molecule has 1 amide bonds. The summed E-state index contributed by atoms with van der Waals surface area (Å²) in [5.41, 5.74) is 7.01. The van der Waals surface area contributed by atoms with Gasteiger partial charge in [0, 0.05) is 36.8 Å². The van der Waals surface area contributed by atoms with Gasteiger partial charge in [0.25, 0.3) is 0 Å². The Bertz CT molecular complexity index is 1650. The van der Waals surface area contributed by atoms with Crippen LogP contribution >= 0.6 is 0 Å². The number of aryl methyl sites for hydroxylation is 1. The molecule has 8 nitrogen and oxygen atoms in total. The molecule has 0 spiro atoms. The summed E-state index contributed by atoms with van der Waals surface area (Å²) in [7, 11) is 0. The fraction of sp³-hybridized carbons (Fsp3) is 0.500. The van der Waals surface area contributed by atoms with Crippen molar-refractivity contribution in [1.29, 1.82) is 0 Å². The van der Waals surface area contributed by atoms with Gasteiger partial charge < -0.3 is 24.8 Å². The van der Waals surface area contributed by atoms with Gasteiger partial charge in [-0.15, -0.1) is 0 Å². The van der Waals surface area contributed by atoms with Crippen molar-refractivity contribution in [2.45, 2.75) is 145 Å². The monoisotopic (exact) mass is 773 g/mol. The van der Waals surface area contributed by atoms with Gasteiger partial charge in [0.15, 0.2) is 0 Å². The van der Waals surface area contributed by atoms with Crippen LogP contribution in [0.5, 0.6) is 0 Å². The highest BCUT2D eigenvalue weighted by molar-refractivity contribution is 5.87. The quantitative estimate of drug-likeness (QED) is 0.0756. The van der Waals surface area contributed by atoms with Gasteiger partial charge in [-0.05, 0) is 113 Å². The number of fused-ring (bicyclic) bond motifs is 4. The Hall–Kier alpha value is -4.08. The van der Waals surface area contributed by atoms with Crippen LogP contribution in [0.25, 0.3) is 10.8 Å². The normalized spacial score (nSPS) is 14.9. The van der Waals surface area contributed by atoms with Gasteiger partial charge >= 0.3 is 0 Å². The van der Waals surface area contributed by atoms with Crippen molar-refractivity contribution in [1.82, 2.24) is 4.90 Å². The first-order valence-corrected chi connectivity index (χ1v) is 20.5. The number of amides is 1. The maximum atomic E-state index is 12.4. The maximum absolute atomic E-state index is 12.4. The molecule has 2 N–H and O–H groups in total. The van der Waals surface area contributed by atoms with Gasteiger partial charge in [-0.2, -0.15) is 0 Å². The molecule has 0 unspecified atom stereocenters. The fourth-order valence-electron chi connectivity index (χ4n) is 6.86. The molecule has 0 aromatic heterocycles. The minimum absolute atomic E-state index is 0.0457. The zero-order valence-electron chi connectivity index (χ0n) is 36.3. The summed E-state index contributed by atoms with van der Waals surface area (Å²) in [4.78, 5) is 36.9. The predicted octanol–water partition coefficient (Wildman–Crippen LogP) is 10.3. The largest absolute Gasteiger partial charge is 0.371 e. The van der Waals surface area contributed by atoms with Crippen LogP contribution in [0.2, 0.25) is 0 Å². The fourth-order valence-corrected chi connectivity index (χ4v) is 6.86. The molecule has 0 saturated heterocycles. The molecule has 0 saturated carbocycles. The van der Waals surface area contributed by atoms with Crippen LogP contribution < -0.4 is 4.90 Å². The van der Waals surface area contributed by atoms with Gasteiger partial charge in [-0.25, -0.2) is 9.78 Å². The number of rotatable bonds is 9. The molecule has 8 heteroatoms. The van der Waals surface area contributed by atoms with Crippen molar-refractivity contribution in [2.75, 3.05) is 18.3 Å². The number of hydrogen-bond acceptors (Lipinski definition) is 7. The average molecular weight is 773 g/mol. The highest BCUT2D eigenvalue weighted by atomic mass is 17.2. The highest BCUT2D eigenvalue weighted by Crippen LogP contribution is 2.33. The first-order valence-electron chi connectivity index (χ1n) is 20.5. The van der Waals surface area contributed by atoms with Crippen LogP contribution in [0, 0.1) is 0 Å². The standard InChI is InChI=1S/C21H27NO3.C12H17N.C9H12.C3H6O.C2H6.CH4O2/c1-4-21(23)22-14-17-10-9-16-7-5-6-8-19(16)20(17)13-18(22)11-12-24-25-15(2)3;1-9(2)13-10(3)8-11-6-4-5-7-12(11)13;1-2-6-9-7-4-3-5-8-9;1-3(2)4;1-2;2-1-3/h5-10,15,18H,4,11-14H2,1-3H3;4-7,9-10H,8H2,1-3H3;3-5,7-8H,2,6H2,1H3;1-2H3;1-2H3;2-3H,1H2/t18-;10-;;;;/m00..../s1. The van der Waals surface area contributed by atoms with E-state index in [9.17, 15) is 9.59 Å². The van der Waals surface area contributed by atoms with Crippen molar-refractivity contribution in [3.8, 4) is 0 Å². The Kier molecular flexibility index (Phi) is 25.3. The third-order valence-corrected chi connectivity index (χ3v) is 8.97. The van der Waals surface area contributed by atoms with Crippen LogP contribution in [0.4, 0.5) is 5.69 Å². The summed E-state index contributed by atoms with van der Waals surface area (Å²) < 4.78 is 0. The van der Waals surface area contributed by atoms with E-state index in [1.807, 2.05) is 39.5 Å². The lowest BCUT2D eigenvalue weighted by Gasteiger charge is -2.37. The molecule has 0 aliphatic carbocycles. The second-order valence-electron chi connectivity index (χ2n) is 14.4. The number of carbonyl (C=O) groups excluding carboxylic acids is 2. The van der Waals surface area contributed by atoms with E-state index in [1.165, 1.54) is 71.8 Å². The molecule has 4 aromatic carbocycles. The molecular weight excluding hydrogens is 701 g/mol. The third-order valence-electron chi connectivity index (χ3n) is 8.97. The number of aliphatic hydroxyl groups is 2. The van der Waals surface area contributed by atoms with Gasteiger partial charge in [-0.1, -0.05) is 119 Å². The molecular formula is C48H72N2O6. The second kappa shape index (κ2) is 28.3. The van der Waals surface area contributed by atoms with E-state index >= 15 is 0 Å². The molecule has 4 aromatic rings. The lowest BCUT2D eigenvalue weighted by molar-refractivity contribution is -0.318. The van der Waals surface area contributed by atoms with E-state index < -0.39 is 6.79 Å². The molecule has 56 heavy (non-hydrogen) atoms. The van der Waals surface area contributed by atoms with Crippen LogP contribution in [0.3, 0.4) is 0 Å². The number of nitrogens with zero attached hydrogens (tertiary/aromatic N) is 2. The summed E-state index contributed by atoms with van der Waals surface area (Å²) in [5.74, 6) is 0.369. The van der Waals surface area contributed by atoms with Crippen LogP contribution in [0.15, 0.2) is 91.0 Å². The van der Waals surface area contributed by atoms with E-state index in [0.29, 0.717) is 31.7 Å². The smallest absolute Gasteiger partial charge is 0.222 e. The second-order valence-corrected chi connectivity index (χ2v) is 14.4. The molecule has 6 rings (SSSR count). The number of benzene rings is 4. The van der Waals surface area contributed by atoms with E-state index in [4.69, 9.17) is 20.0 Å². The van der Waals surface area contributed by atoms with Crippen molar-refractivity contribution >= 4 is 28.2 Å². The predicted molar refractivity (Wildman–Crippen MR) is 234 cm³/mol. The number of hydrogen-bond donors (Lipinski definition) is 2. The maximum Gasteiger partial charge on any atom is 0.222 e. The van der Waals surface area contributed by atoms with Crippen LogP contribution in [0.1, 0.15) is 118 Å². The number of anilines is 1. The molecule has 2 heterocycles. The van der Waals surface area contributed by atoms with Crippen molar-refractivity contribution in [3.05, 3.63) is 113 Å². The Labute approximate surface area is 338 Å². The molecule has 310 valence electrons. The summed E-state index contributed by atoms with van der Waals surface area (Å²) in [6, 6.07) is 33.5. The number of para-hydroxylation sites is 1. The average Bonchev–Trinajstić information content (AvgIpc) is 3.53.